The van der Waals surface area contributed by atoms with Gasteiger partial charge in [0.15, 0.2) is 0 Å². The van der Waals surface area contributed by atoms with Gasteiger partial charge in [0.25, 0.3) is 0 Å². The highest BCUT2D eigenvalue weighted by molar-refractivity contribution is 4.87. The van der Waals surface area contributed by atoms with E-state index in [4.69, 9.17) is 0 Å². The van der Waals surface area contributed by atoms with Gasteiger partial charge >= 0.3 is 0 Å². The molecule has 1 rings (SSSR count). The highest BCUT2D eigenvalue weighted by Crippen LogP contribution is 2.21. The van der Waals surface area contributed by atoms with Crippen LogP contribution in [0.15, 0.2) is 0 Å². The van der Waals surface area contributed by atoms with Crippen molar-refractivity contribution in [1.29, 1.82) is 0 Å². The van der Waals surface area contributed by atoms with E-state index in [0.29, 0.717) is 6.04 Å². The van der Waals surface area contributed by atoms with Crippen LogP contribution < -0.4 is 5.32 Å². The van der Waals surface area contributed by atoms with Gasteiger partial charge in [-0.1, -0.05) is 27.2 Å². The first-order valence-electron chi connectivity index (χ1n) is 8.77. The Morgan fingerprint density at radius 1 is 1.10 bits per heavy atom. The van der Waals surface area contributed by atoms with Gasteiger partial charge in [-0.05, 0) is 65.8 Å². The summed E-state index contributed by atoms with van der Waals surface area (Å²) in [5, 5.41) is 3.80. The lowest BCUT2D eigenvalue weighted by atomic mass is 9.95. The number of piperidine rings is 1. The number of nitrogens with one attached hydrogen (secondary N) is 1. The number of hydrogen-bond acceptors (Lipinski definition) is 3. The molecule has 1 N–H and O–H groups in total. The van der Waals surface area contributed by atoms with Gasteiger partial charge in [0.1, 0.15) is 0 Å². The van der Waals surface area contributed by atoms with E-state index in [1.807, 2.05) is 0 Å². The average Bonchev–Trinajstić information content (AvgIpc) is 2.46. The summed E-state index contributed by atoms with van der Waals surface area (Å²) in [7, 11) is 4.45. The fourth-order valence-corrected chi connectivity index (χ4v) is 3.60. The van der Waals surface area contributed by atoms with Crippen LogP contribution in [-0.2, 0) is 0 Å². The van der Waals surface area contributed by atoms with Gasteiger partial charge in [-0.15, -0.1) is 0 Å². The molecule has 1 aliphatic rings. The van der Waals surface area contributed by atoms with Crippen LogP contribution in [0.5, 0.6) is 0 Å². The monoisotopic (exact) mass is 283 g/mol. The second kappa shape index (κ2) is 9.75. The largest absolute Gasteiger partial charge is 0.312 e. The van der Waals surface area contributed by atoms with Gasteiger partial charge in [0, 0.05) is 18.1 Å². The Labute approximate surface area is 127 Å². The Balaban J connectivity index is 2.54. The van der Waals surface area contributed by atoms with Crippen molar-refractivity contribution in [2.24, 2.45) is 0 Å². The van der Waals surface area contributed by atoms with Crippen molar-refractivity contribution in [3.05, 3.63) is 0 Å². The highest BCUT2D eigenvalue weighted by Gasteiger charge is 2.29. The second-order valence-corrected chi connectivity index (χ2v) is 6.56. The maximum atomic E-state index is 3.80. The molecule has 0 bridgehead atoms. The van der Waals surface area contributed by atoms with E-state index < -0.39 is 0 Å². The predicted molar refractivity (Wildman–Crippen MR) is 89.4 cm³/mol. The number of rotatable bonds is 9. The first-order valence-corrected chi connectivity index (χ1v) is 8.77. The minimum atomic E-state index is 0.681. The summed E-state index contributed by atoms with van der Waals surface area (Å²) in [4.78, 5) is 5.15. The highest BCUT2D eigenvalue weighted by atomic mass is 15.2. The normalized spacial score (nSPS) is 21.3. The predicted octanol–water partition coefficient (Wildman–Crippen LogP) is 2.96. The van der Waals surface area contributed by atoms with Crippen molar-refractivity contribution in [3.8, 4) is 0 Å². The Hall–Kier alpha value is -0.120. The molecule has 0 aromatic rings. The minimum Gasteiger partial charge on any atom is -0.312 e. The summed E-state index contributed by atoms with van der Waals surface area (Å²) in [5.41, 5.74) is 0. The lowest BCUT2D eigenvalue weighted by Crippen LogP contribution is -2.54. The lowest BCUT2D eigenvalue weighted by Gasteiger charge is -2.42. The van der Waals surface area contributed by atoms with Crippen LogP contribution in [0.2, 0.25) is 0 Å². The molecule has 0 aromatic carbocycles. The fraction of sp³-hybridized carbons (Fsp3) is 1.00. The van der Waals surface area contributed by atoms with Crippen molar-refractivity contribution in [2.75, 3.05) is 33.7 Å². The molecular weight excluding hydrogens is 246 g/mol. The molecule has 3 heteroatoms. The molecule has 1 saturated heterocycles. The van der Waals surface area contributed by atoms with Crippen LogP contribution in [0.3, 0.4) is 0 Å². The summed E-state index contributed by atoms with van der Waals surface area (Å²) in [5.74, 6) is 0. The third kappa shape index (κ3) is 5.34. The van der Waals surface area contributed by atoms with Crippen LogP contribution in [0.25, 0.3) is 0 Å². The molecule has 0 radical (unpaired) electrons. The van der Waals surface area contributed by atoms with Gasteiger partial charge in [-0.2, -0.15) is 0 Å². The standard InChI is InChI=1S/C17H37N3/c1-6-9-16(18-12-7-2)17(8-3)20-13-10-15(11-14-20)19(4)5/h15-18H,6-14H2,1-5H3. The van der Waals surface area contributed by atoms with E-state index in [1.54, 1.807) is 0 Å². The van der Waals surface area contributed by atoms with Crippen LogP contribution in [0.1, 0.15) is 59.3 Å². The number of likely N-dealkylation sites (tertiary alicyclic amines) is 1. The van der Waals surface area contributed by atoms with Gasteiger partial charge < -0.3 is 10.2 Å². The van der Waals surface area contributed by atoms with Crippen molar-refractivity contribution < 1.29 is 0 Å². The lowest BCUT2D eigenvalue weighted by molar-refractivity contribution is 0.0843. The minimum absolute atomic E-state index is 0.681. The van der Waals surface area contributed by atoms with Crippen LogP contribution in [0, 0.1) is 0 Å². The summed E-state index contributed by atoms with van der Waals surface area (Å²) in [6, 6.07) is 2.20. The van der Waals surface area contributed by atoms with Crippen molar-refractivity contribution in [3.63, 3.8) is 0 Å². The quantitative estimate of drug-likeness (QED) is 0.702. The third-order valence-corrected chi connectivity index (χ3v) is 4.84. The zero-order chi connectivity index (χ0) is 15.0. The van der Waals surface area contributed by atoms with Crippen LogP contribution >= 0.6 is 0 Å². The molecule has 3 nitrogen and oxygen atoms in total. The zero-order valence-electron chi connectivity index (χ0n) is 14.5. The molecule has 1 aliphatic heterocycles. The van der Waals surface area contributed by atoms with Crippen LogP contribution in [0.4, 0.5) is 0 Å². The molecule has 1 heterocycles. The number of nitrogens with zero attached hydrogens (tertiary/aromatic N) is 2. The van der Waals surface area contributed by atoms with E-state index in [9.17, 15) is 0 Å². The SMILES string of the molecule is CCCNC(CCC)C(CC)N1CCC(N(C)C)CC1. The summed E-state index contributed by atoms with van der Waals surface area (Å²) >= 11 is 0. The molecule has 2 atom stereocenters. The Kier molecular flexibility index (Phi) is 8.74. The van der Waals surface area contributed by atoms with Gasteiger partial charge in [-0.25, -0.2) is 0 Å². The summed E-state index contributed by atoms with van der Waals surface area (Å²) < 4.78 is 0. The van der Waals surface area contributed by atoms with Crippen molar-refractivity contribution in [2.45, 2.75) is 77.4 Å². The molecule has 0 saturated carbocycles. The maximum Gasteiger partial charge on any atom is 0.0246 e. The summed E-state index contributed by atoms with van der Waals surface area (Å²) in [6.07, 6.45) is 7.76. The third-order valence-electron chi connectivity index (χ3n) is 4.84. The molecule has 20 heavy (non-hydrogen) atoms. The molecule has 2 unspecified atom stereocenters. The zero-order valence-corrected chi connectivity index (χ0v) is 14.5. The van der Waals surface area contributed by atoms with E-state index in [1.165, 1.54) is 51.6 Å². The van der Waals surface area contributed by atoms with E-state index in [2.05, 4.69) is 50.0 Å². The smallest absolute Gasteiger partial charge is 0.0246 e. The average molecular weight is 284 g/mol. The van der Waals surface area contributed by atoms with E-state index in [-0.39, 0.29) is 0 Å². The maximum absolute atomic E-state index is 3.80. The van der Waals surface area contributed by atoms with Crippen molar-refractivity contribution >= 4 is 0 Å². The molecule has 0 aliphatic carbocycles. The second-order valence-electron chi connectivity index (χ2n) is 6.56. The Morgan fingerprint density at radius 3 is 2.20 bits per heavy atom. The first-order chi connectivity index (χ1) is 9.63. The topological polar surface area (TPSA) is 18.5 Å². The Morgan fingerprint density at radius 2 is 1.75 bits per heavy atom. The van der Waals surface area contributed by atoms with Crippen molar-refractivity contribution in [1.82, 2.24) is 15.1 Å². The van der Waals surface area contributed by atoms with Gasteiger partial charge in [0.05, 0.1) is 0 Å². The van der Waals surface area contributed by atoms with Gasteiger partial charge in [0.2, 0.25) is 0 Å². The summed E-state index contributed by atoms with van der Waals surface area (Å²) in [6.45, 7) is 10.6. The molecule has 0 spiro atoms. The van der Waals surface area contributed by atoms with E-state index in [0.717, 1.165) is 18.6 Å². The van der Waals surface area contributed by atoms with Gasteiger partial charge in [-0.3, -0.25) is 4.90 Å². The fourth-order valence-electron chi connectivity index (χ4n) is 3.60. The molecule has 120 valence electrons. The Bertz CT molecular complexity index is 234. The first kappa shape index (κ1) is 17.9. The number of hydrogen-bond donors (Lipinski definition) is 1. The molecule has 0 amide bonds. The molecule has 0 aromatic heterocycles. The molecule has 1 fully saturated rings. The van der Waals surface area contributed by atoms with E-state index >= 15 is 0 Å². The molecular formula is C17H37N3. The van der Waals surface area contributed by atoms with Crippen LogP contribution in [-0.4, -0.2) is 61.7 Å².